The summed E-state index contributed by atoms with van der Waals surface area (Å²) in [5.41, 5.74) is 1.05. The number of aromatic nitrogens is 4. The van der Waals surface area contributed by atoms with E-state index in [0.29, 0.717) is 11.3 Å². The zero-order chi connectivity index (χ0) is 13.1. The molecule has 0 aliphatic carbocycles. The van der Waals surface area contributed by atoms with Crippen LogP contribution in [-0.4, -0.2) is 33.2 Å². The topological polar surface area (TPSA) is 92.8 Å². The van der Waals surface area contributed by atoms with E-state index in [1.54, 1.807) is 13.0 Å². The molecule has 2 rings (SSSR count). The molecule has 94 valence electrons. The number of halogens is 1. The molecule has 0 saturated heterocycles. The lowest BCUT2D eigenvalue weighted by Crippen LogP contribution is -2.13. The fourth-order valence-electron chi connectivity index (χ4n) is 1.33. The summed E-state index contributed by atoms with van der Waals surface area (Å²) in [4.78, 5) is 19.7. The number of H-pyrrole nitrogens is 1. The fraction of sp³-hybridized carbons (Fsp3) is 0.200. The van der Waals surface area contributed by atoms with Gasteiger partial charge in [0.25, 0.3) is 5.91 Å². The molecule has 2 aromatic rings. The number of anilines is 1. The second kappa shape index (κ2) is 5.01. The van der Waals surface area contributed by atoms with Gasteiger partial charge >= 0.3 is 6.01 Å². The number of pyridine rings is 1. The van der Waals surface area contributed by atoms with Crippen LogP contribution in [0.5, 0.6) is 6.01 Å². The molecule has 0 radical (unpaired) electrons. The van der Waals surface area contributed by atoms with Gasteiger partial charge in [0.15, 0.2) is 0 Å². The molecule has 18 heavy (non-hydrogen) atoms. The summed E-state index contributed by atoms with van der Waals surface area (Å²) in [5.74, 6) is -0.163. The molecule has 7 nitrogen and oxygen atoms in total. The van der Waals surface area contributed by atoms with Crippen molar-refractivity contribution in [1.82, 2.24) is 20.2 Å². The van der Waals surface area contributed by atoms with Crippen LogP contribution in [0.2, 0.25) is 5.15 Å². The molecule has 0 saturated carbocycles. The smallest absolute Gasteiger partial charge is 0.336 e. The molecule has 2 N–H and O–H groups in total. The van der Waals surface area contributed by atoms with Crippen molar-refractivity contribution >= 4 is 23.5 Å². The maximum Gasteiger partial charge on any atom is 0.336 e. The summed E-state index contributed by atoms with van der Waals surface area (Å²) in [6.45, 7) is 1.75. The first-order valence-corrected chi connectivity index (χ1v) is 5.38. The van der Waals surface area contributed by atoms with Gasteiger partial charge in [-0.25, -0.2) is 10.1 Å². The van der Waals surface area contributed by atoms with Crippen molar-refractivity contribution in [3.8, 4) is 6.01 Å². The van der Waals surface area contributed by atoms with Crippen LogP contribution in [0.15, 0.2) is 12.1 Å². The van der Waals surface area contributed by atoms with Crippen molar-refractivity contribution < 1.29 is 9.53 Å². The van der Waals surface area contributed by atoms with Gasteiger partial charge in [0.1, 0.15) is 5.15 Å². The number of aromatic amines is 1. The first kappa shape index (κ1) is 12.3. The van der Waals surface area contributed by atoms with Gasteiger partial charge in [-0.15, -0.1) is 5.10 Å². The van der Waals surface area contributed by atoms with E-state index in [2.05, 4.69) is 25.5 Å². The Bertz CT molecular complexity index is 563. The maximum atomic E-state index is 11.9. The lowest BCUT2D eigenvalue weighted by molar-refractivity contribution is 0.102. The van der Waals surface area contributed by atoms with Crippen LogP contribution < -0.4 is 10.1 Å². The molecule has 0 aliphatic rings. The minimum absolute atomic E-state index is 0.147. The number of hydrogen-bond donors (Lipinski definition) is 2. The maximum absolute atomic E-state index is 11.9. The van der Waals surface area contributed by atoms with E-state index in [0.717, 1.165) is 0 Å². The van der Waals surface area contributed by atoms with Crippen LogP contribution in [-0.2, 0) is 0 Å². The van der Waals surface area contributed by atoms with Crippen molar-refractivity contribution in [2.45, 2.75) is 6.92 Å². The highest BCUT2D eigenvalue weighted by atomic mass is 35.5. The number of amides is 1. The number of carbonyl (C=O) groups is 1. The lowest BCUT2D eigenvalue weighted by atomic mass is 10.2. The van der Waals surface area contributed by atoms with E-state index < -0.39 is 0 Å². The standard InChI is InChI=1S/C10H10ClN5O2/c1-5-3-6(4-7(11)12-5)8(17)13-9-14-10(18-2)16-15-9/h3-4H,1-2H3,(H2,13,14,15,16,17). The minimum atomic E-state index is -0.360. The summed E-state index contributed by atoms with van der Waals surface area (Å²) in [6.07, 6.45) is 0. The molecule has 0 aromatic carbocycles. The highest BCUT2D eigenvalue weighted by molar-refractivity contribution is 6.29. The molecule has 0 spiro atoms. The predicted molar refractivity (Wildman–Crippen MR) is 64.9 cm³/mol. The molecule has 1 amide bonds. The molecule has 8 heteroatoms. The molecule has 0 bridgehead atoms. The first-order chi connectivity index (χ1) is 8.58. The minimum Gasteiger partial charge on any atom is -0.466 e. The average Bonchev–Trinajstić information content (AvgIpc) is 2.75. The Hall–Kier alpha value is -2.15. The van der Waals surface area contributed by atoms with E-state index in [1.807, 2.05) is 0 Å². The first-order valence-electron chi connectivity index (χ1n) is 5.00. The van der Waals surface area contributed by atoms with E-state index in [9.17, 15) is 4.79 Å². The van der Waals surface area contributed by atoms with Gasteiger partial charge in [0, 0.05) is 11.3 Å². The zero-order valence-corrected chi connectivity index (χ0v) is 10.4. The predicted octanol–water partition coefficient (Wildman–Crippen LogP) is 1.42. The van der Waals surface area contributed by atoms with E-state index >= 15 is 0 Å². The van der Waals surface area contributed by atoms with Crippen LogP contribution in [0, 0.1) is 6.92 Å². The number of nitrogens with zero attached hydrogens (tertiary/aromatic N) is 3. The Morgan fingerprint density at radius 1 is 1.44 bits per heavy atom. The SMILES string of the molecule is COc1n[nH]c(NC(=O)c2cc(C)nc(Cl)c2)n1. The van der Waals surface area contributed by atoms with E-state index in [4.69, 9.17) is 16.3 Å². The number of hydrogen-bond acceptors (Lipinski definition) is 5. The van der Waals surface area contributed by atoms with Crippen LogP contribution >= 0.6 is 11.6 Å². The molecule has 0 aliphatic heterocycles. The van der Waals surface area contributed by atoms with Crippen LogP contribution in [0.1, 0.15) is 16.1 Å². The zero-order valence-electron chi connectivity index (χ0n) is 9.69. The third-order valence-electron chi connectivity index (χ3n) is 2.06. The summed E-state index contributed by atoms with van der Waals surface area (Å²) < 4.78 is 4.78. The van der Waals surface area contributed by atoms with Gasteiger partial charge in [0.05, 0.1) is 7.11 Å². The van der Waals surface area contributed by atoms with Gasteiger partial charge < -0.3 is 4.74 Å². The summed E-state index contributed by atoms with van der Waals surface area (Å²) in [5, 5.41) is 9.02. The Balaban J connectivity index is 2.16. The second-order valence-electron chi connectivity index (χ2n) is 3.44. The Morgan fingerprint density at radius 2 is 2.22 bits per heavy atom. The summed E-state index contributed by atoms with van der Waals surface area (Å²) in [6, 6.07) is 3.24. The molecular weight excluding hydrogens is 258 g/mol. The average molecular weight is 268 g/mol. The highest BCUT2D eigenvalue weighted by Gasteiger charge is 2.11. The largest absolute Gasteiger partial charge is 0.466 e. The quantitative estimate of drug-likeness (QED) is 0.821. The number of methoxy groups -OCH3 is 1. The van der Waals surface area contributed by atoms with Crippen molar-refractivity contribution in [1.29, 1.82) is 0 Å². The van der Waals surface area contributed by atoms with Crippen molar-refractivity contribution in [2.24, 2.45) is 0 Å². The van der Waals surface area contributed by atoms with Crippen molar-refractivity contribution in [3.05, 3.63) is 28.5 Å². The molecule has 0 atom stereocenters. The summed E-state index contributed by atoms with van der Waals surface area (Å²) >= 11 is 5.78. The highest BCUT2D eigenvalue weighted by Crippen LogP contribution is 2.12. The Kier molecular flexibility index (Phi) is 3.42. The molecule has 0 unspecified atom stereocenters. The molecule has 2 aromatic heterocycles. The molecule has 2 heterocycles. The molecular formula is C10H10ClN5O2. The van der Waals surface area contributed by atoms with Gasteiger partial charge in [-0.05, 0) is 19.1 Å². The Labute approximate surface area is 108 Å². The van der Waals surface area contributed by atoms with E-state index in [-0.39, 0.29) is 23.0 Å². The van der Waals surface area contributed by atoms with E-state index in [1.165, 1.54) is 13.2 Å². The van der Waals surface area contributed by atoms with Crippen LogP contribution in [0.25, 0.3) is 0 Å². The van der Waals surface area contributed by atoms with Crippen LogP contribution in [0.3, 0.4) is 0 Å². The van der Waals surface area contributed by atoms with Crippen molar-refractivity contribution in [2.75, 3.05) is 12.4 Å². The second-order valence-corrected chi connectivity index (χ2v) is 3.83. The van der Waals surface area contributed by atoms with Gasteiger partial charge in [0.2, 0.25) is 5.95 Å². The fourth-order valence-corrected chi connectivity index (χ4v) is 1.58. The lowest BCUT2D eigenvalue weighted by Gasteiger charge is -2.02. The van der Waals surface area contributed by atoms with Crippen molar-refractivity contribution in [3.63, 3.8) is 0 Å². The van der Waals surface area contributed by atoms with Gasteiger partial charge in [-0.3, -0.25) is 10.1 Å². The number of ether oxygens (including phenoxy) is 1. The van der Waals surface area contributed by atoms with Gasteiger partial charge in [-0.2, -0.15) is 4.98 Å². The monoisotopic (exact) mass is 267 g/mol. The number of rotatable bonds is 3. The summed E-state index contributed by atoms with van der Waals surface area (Å²) in [7, 11) is 1.43. The number of aryl methyl sites for hydroxylation is 1. The number of nitrogens with one attached hydrogen (secondary N) is 2. The Morgan fingerprint density at radius 3 is 2.83 bits per heavy atom. The normalized spacial score (nSPS) is 10.2. The number of carbonyl (C=O) groups excluding carboxylic acids is 1. The third-order valence-corrected chi connectivity index (χ3v) is 2.26. The van der Waals surface area contributed by atoms with Crippen LogP contribution in [0.4, 0.5) is 5.95 Å². The molecule has 0 fully saturated rings. The van der Waals surface area contributed by atoms with Gasteiger partial charge in [-0.1, -0.05) is 11.6 Å². The third kappa shape index (κ3) is 2.75.